The van der Waals surface area contributed by atoms with Gasteiger partial charge in [-0.3, -0.25) is 4.90 Å². The molecule has 1 aliphatic rings. The fourth-order valence-electron chi connectivity index (χ4n) is 4.44. The molecule has 1 heterocycles. The third kappa shape index (κ3) is 5.75. The largest absolute Gasteiger partial charge is 0.416 e. The van der Waals surface area contributed by atoms with Crippen LogP contribution in [-0.2, 0) is 19.3 Å². The number of alkyl halides is 3. The van der Waals surface area contributed by atoms with Gasteiger partial charge >= 0.3 is 6.18 Å². The van der Waals surface area contributed by atoms with Crippen molar-refractivity contribution >= 4 is 17.3 Å². The van der Waals surface area contributed by atoms with Gasteiger partial charge in [-0.1, -0.05) is 29.8 Å². The summed E-state index contributed by atoms with van der Waals surface area (Å²) in [5.41, 5.74) is 0.452. The van der Waals surface area contributed by atoms with Crippen molar-refractivity contribution in [2.75, 3.05) is 18.0 Å². The summed E-state index contributed by atoms with van der Waals surface area (Å²) in [6.07, 6.45) is -3.91. The monoisotopic (exact) mass is 505 g/mol. The minimum atomic E-state index is -4.51. The van der Waals surface area contributed by atoms with Crippen LogP contribution in [-0.4, -0.2) is 24.0 Å². The quantitative estimate of drug-likeness (QED) is 0.345. The molecule has 0 radical (unpaired) electrons. The van der Waals surface area contributed by atoms with Gasteiger partial charge in [0.15, 0.2) is 0 Å². The maximum Gasteiger partial charge on any atom is 0.416 e. The number of rotatable bonds is 6. The average molecular weight is 506 g/mol. The first-order valence-corrected chi connectivity index (χ1v) is 11.3. The lowest BCUT2D eigenvalue weighted by Crippen LogP contribution is -2.37. The number of likely N-dealkylation sites (tertiary alicyclic amines) is 1. The molecule has 3 aromatic rings. The molecule has 0 saturated carbocycles. The van der Waals surface area contributed by atoms with Gasteiger partial charge in [-0.15, -0.1) is 0 Å². The molecule has 1 fully saturated rings. The smallest absolute Gasteiger partial charge is 0.363 e. The fourth-order valence-corrected chi connectivity index (χ4v) is 4.66. The summed E-state index contributed by atoms with van der Waals surface area (Å²) >= 11 is 6.24. The Bertz CT molecular complexity index is 1250. The Morgan fingerprint density at radius 1 is 1.03 bits per heavy atom. The number of hydrogen-bond acceptors (Lipinski definition) is 3. The summed E-state index contributed by atoms with van der Waals surface area (Å²) in [7, 11) is 0. The van der Waals surface area contributed by atoms with Crippen LogP contribution >= 0.6 is 11.6 Å². The summed E-state index contributed by atoms with van der Waals surface area (Å²) in [4.78, 5) is 3.77. The van der Waals surface area contributed by atoms with Crippen molar-refractivity contribution in [3.8, 4) is 6.07 Å². The molecule has 1 aliphatic heterocycles. The molecule has 0 amide bonds. The SMILES string of the molecule is N#Cc1ccc(N(Cc2ccccc2C(F)(F)F)[C@H]2CCN(Cc3cc(F)ccc3F)C2)cc1Cl. The first kappa shape index (κ1) is 25.0. The second-order valence-corrected chi connectivity index (χ2v) is 8.88. The molecule has 1 saturated heterocycles. The molecular formula is C26H21ClF5N3. The van der Waals surface area contributed by atoms with Crippen molar-refractivity contribution < 1.29 is 22.0 Å². The van der Waals surface area contributed by atoms with Gasteiger partial charge in [-0.05, 0) is 54.4 Å². The maximum atomic E-state index is 14.2. The maximum absolute atomic E-state index is 14.2. The number of nitriles is 1. The molecule has 0 unspecified atom stereocenters. The molecular weight excluding hydrogens is 485 g/mol. The van der Waals surface area contributed by atoms with Gasteiger partial charge in [-0.2, -0.15) is 18.4 Å². The predicted molar refractivity (Wildman–Crippen MR) is 124 cm³/mol. The van der Waals surface area contributed by atoms with Gasteiger partial charge in [0, 0.05) is 43.5 Å². The molecule has 0 N–H and O–H groups in total. The molecule has 0 spiro atoms. The molecule has 3 nitrogen and oxygen atoms in total. The zero-order valence-electron chi connectivity index (χ0n) is 18.5. The molecule has 0 bridgehead atoms. The second-order valence-electron chi connectivity index (χ2n) is 8.47. The van der Waals surface area contributed by atoms with Crippen LogP contribution in [0.25, 0.3) is 0 Å². The van der Waals surface area contributed by atoms with Gasteiger partial charge in [-0.25, -0.2) is 8.78 Å². The molecule has 3 aromatic carbocycles. The lowest BCUT2D eigenvalue weighted by molar-refractivity contribution is -0.138. The molecule has 35 heavy (non-hydrogen) atoms. The van der Waals surface area contributed by atoms with E-state index >= 15 is 0 Å². The van der Waals surface area contributed by atoms with Crippen LogP contribution < -0.4 is 4.90 Å². The topological polar surface area (TPSA) is 30.3 Å². The predicted octanol–water partition coefficient (Wildman–Crippen LogP) is 6.79. The minimum absolute atomic E-state index is 0.0370. The molecule has 0 aromatic heterocycles. The average Bonchev–Trinajstić information content (AvgIpc) is 3.27. The Hall–Kier alpha value is -3.15. The molecule has 182 valence electrons. The van der Waals surface area contributed by atoms with E-state index in [1.54, 1.807) is 18.2 Å². The van der Waals surface area contributed by atoms with Crippen molar-refractivity contribution in [3.63, 3.8) is 0 Å². The van der Waals surface area contributed by atoms with E-state index in [1.807, 2.05) is 15.9 Å². The first-order valence-electron chi connectivity index (χ1n) is 10.9. The lowest BCUT2D eigenvalue weighted by atomic mass is 10.0. The zero-order chi connectivity index (χ0) is 25.2. The van der Waals surface area contributed by atoms with Crippen molar-refractivity contribution in [2.24, 2.45) is 0 Å². The van der Waals surface area contributed by atoms with E-state index in [-0.39, 0.29) is 40.8 Å². The van der Waals surface area contributed by atoms with E-state index in [0.717, 1.165) is 24.3 Å². The highest BCUT2D eigenvalue weighted by Crippen LogP contribution is 2.35. The number of halogens is 6. The van der Waals surface area contributed by atoms with Crippen LogP contribution in [0.2, 0.25) is 5.02 Å². The van der Waals surface area contributed by atoms with Crippen LogP contribution in [0.15, 0.2) is 60.7 Å². The van der Waals surface area contributed by atoms with Gasteiger partial charge in [0.2, 0.25) is 0 Å². The van der Waals surface area contributed by atoms with Crippen molar-refractivity contribution in [1.82, 2.24) is 4.90 Å². The number of anilines is 1. The molecule has 9 heteroatoms. The third-order valence-electron chi connectivity index (χ3n) is 6.16. The van der Waals surface area contributed by atoms with E-state index in [1.165, 1.54) is 18.2 Å². The molecule has 4 rings (SSSR count). The second kappa shape index (κ2) is 10.2. The summed E-state index contributed by atoms with van der Waals surface area (Å²) in [6, 6.07) is 15.2. The highest BCUT2D eigenvalue weighted by Gasteiger charge is 2.35. The molecule has 1 atom stereocenters. The van der Waals surface area contributed by atoms with Gasteiger partial charge in [0.1, 0.15) is 17.7 Å². The Kier molecular flexibility index (Phi) is 7.29. The Morgan fingerprint density at radius 2 is 1.80 bits per heavy atom. The Morgan fingerprint density at radius 3 is 2.51 bits per heavy atom. The van der Waals surface area contributed by atoms with Crippen LogP contribution in [0.3, 0.4) is 0 Å². The lowest BCUT2D eigenvalue weighted by Gasteiger charge is -2.32. The van der Waals surface area contributed by atoms with E-state index in [0.29, 0.717) is 25.2 Å². The van der Waals surface area contributed by atoms with Crippen molar-refractivity contribution in [3.05, 3.63) is 99.6 Å². The normalized spacial score (nSPS) is 16.3. The van der Waals surface area contributed by atoms with E-state index in [2.05, 4.69) is 0 Å². The highest BCUT2D eigenvalue weighted by molar-refractivity contribution is 6.32. The summed E-state index contributed by atoms with van der Waals surface area (Å²) in [5, 5.41) is 9.40. The molecule has 0 aliphatic carbocycles. The number of hydrogen-bond donors (Lipinski definition) is 0. The van der Waals surface area contributed by atoms with Crippen molar-refractivity contribution in [2.45, 2.75) is 31.7 Å². The number of nitrogens with zero attached hydrogens (tertiary/aromatic N) is 3. The number of benzene rings is 3. The van der Waals surface area contributed by atoms with Crippen molar-refractivity contribution in [1.29, 1.82) is 5.26 Å². The standard InChI is InChI=1S/C26H21ClF5N3/c27-24-12-21(7-5-17(24)13-33)35(15-18-3-1-2-4-23(18)26(30,31)32)22-9-10-34(16-22)14-19-11-20(28)6-8-25(19)29/h1-8,11-12,22H,9-10,14-16H2/t22-/m0/s1. The third-order valence-corrected chi connectivity index (χ3v) is 6.47. The van der Waals surface area contributed by atoms with Gasteiger partial charge in [0.05, 0.1) is 16.1 Å². The minimum Gasteiger partial charge on any atom is -0.363 e. The van der Waals surface area contributed by atoms with Crippen LogP contribution in [0.4, 0.5) is 27.6 Å². The van der Waals surface area contributed by atoms with E-state index < -0.39 is 23.4 Å². The van der Waals surface area contributed by atoms with E-state index in [9.17, 15) is 27.2 Å². The summed E-state index contributed by atoms with van der Waals surface area (Å²) < 4.78 is 68.8. The Labute approximate surface area is 205 Å². The Balaban J connectivity index is 1.64. The summed E-state index contributed by atoms with van der Waals surface area (Å²) in [6.45, 7) is 1.13. The van der Waals surface area contributed by atoms with Crippen LogP contribution in [0, 0.1) is 23.0 Å². The van der Waals surface area contributed by atoms with Crippen LogP contribution in [0.1, 0.15) is 28.7 Å². The first-order chi connectivity index (χ1) is 16.7. The van der Waals surface area contributed by atoms with Crippen LogP contribution in [0.5, 0.6) is 0 Å². The summed E-state index contributed by atoms with van der Waals surface area (Å²) in [5.74, 6) is -1.04. The fraction of sp³-hybridized carbons (Fsp3) is 0.269. The zero-order valence-corrected chi connectivity index (χ0v) is 19.3. The van der Waals surface area contributed by atoms with Gasteiger partial charge < -0.3 is 4.90 Å². The highest BCUT2D eigenvalue weighted by atomic mass is 35.5. The van der Waals surface area contributed by atoms with E-state index in [4.69, 9.17) is 11.6 Å². The van der Waals surface area contributed by atoms with Gasteiger partial charge in [0.25, 0.3) is 0 Å².